The Morgan fingerprint density at radius 1 is 1.21 bits per heavy atom. The Morgan fingerprint density at radius 2 is 1.75 bits per heavy atom. The maximum Gasteiger partial charge on any atom is 0.510 e. The first-order valence-electron chi connectivity index (χ1n) is 7.64. The second-order valence-corrected chi connectivity index (χ2v) is 5.21. The van der Waals surface area contributed by atoms with Crippen LogP contribution in [0.25, 0.3) is 0 Å². The molecule has 0 amide bonds. The molecule has 134 valence electrons. The molecule has 0 aromatic carbocycles. The zero-order chi connectivity index (χ0) is 18.1. The highest BCUT2D eigenvalue weighted by Gasteiger charge is 2.37. The number of carbonyl (C=O) groups is 2. The van der Waals surface area contributed by atoms with Crippen molar-refractivity contribution in [3.63, 3.8) is 0 Å². The van der Waals surface area contributed by atoms with Gasteiger partial charge in [0.2, 0.25) is 0 Å². The monoisotopic (exact) mass is 340 g/mol. The van der Waals surface area contributed by atoms with E-state index in [1.165, 1.54) is 12.2 Å². The van der Waals surface area contributed by atoms with Crippen molar-refractivity contribution in [3.05, 3.63) is 25.3 Å². The van der Waals surface area contributed by atoms with Crippen LogP contribution in [0.1, 0.15) is 20.3 Å². The van der Waals surface area contributed by atoms with Crippen molar-refractivity contribution in [2.45, 2.75) is 32.6 Å². The zero-order valence-corrected chi connectivity index (χ0v) is 14.0. The summed E-state index contributed by atoms with van der Waals surface area (Å²) in [6.07, 6.45) is 0.672. The second-order valence-electron chi connectivity index (χ2n) is 5.21. The van der Waals surface area contributed by atoms with Gasteiger partial charge in [0.25, 0.3) is 0 Å². The van der Waals surface area contributed by atoms with Crippen LogP contribution < -0.4 is 0 Å². The molecular weight excluding hydrogens is 316 g/mol. The molecule has 3 atom stereocenters. The van der Waals surface area contributed by atoms with Gasteiger partial charge in [-0.3, -0.25) is 5.41 Å². The van der Waals surface area contributed by atoms with Gasteiger partial charge in [-0.2, -0.15) is 0 Å². The van der Waals surface area contributed by atoms with Crippen LogP contribution in [0.2, 0.25) is 0 Å². The van der Waals surface area contributed by atoms with Gasteiger partial charge in [-0.1, -0.05) is 25.3 Å². The van der Waals surface area contributed by atoms with E-state index in [0.29, 0.717) is 13.0 Å². The van der Waals surface area contributed by atoms with E-state index in [2.05, 4.69) is 13.2 Å². The first-order chi connectivity index (χ1) is 11.4. The highest BCUT2D eigenvalue weighted by atomic mass is 16.7. The van der Waals surface area contributed by atoms with Crippen molar-refractivity contribution in [2.75, 3.05) is 19.8 Å². The summed E-state index contributed by atoms with van der Waals surface area (Å²) < 4.78 is 19.8. The fraction of sp³-hybridized carbons (Fsp3) is 0.562. The first-order valence-corrected chi connectivity index (χ1v) is 7.64. The van der Waals surface area contributed by atoms with E-state index >= 15 is 0 Å². The molecule has 0 aliphatic carbocycles. The maximum absolute atomic E-state index is 11.5. The number of likely N-dealkylation sites (tertiary alicyclic amines) is 1. The molecule has 3 unspecified atom stereocenters. The zero-order valence-electron chi connectivity index (χ0n) is 14.0. The molecule has 1 aliphatic heterocycles. The number of hydrogen-bond acceptors (Lipinski definition) is 7. The normalized spacial score (nSPS) is 19.2. The van der Waals surface area contributed by atoms with Crippen LogP contribution in [0.3, 0.4) is 0 Å². The van der Waals surface area contributed by atoms with E-state index in [9.17, 15) is 9.59 Å². The van der Waals surface area contributed by atoms with Crippen molar-refractivity contribution in [1.82, 2.24) is 4.90 Å². The summed E-state index contributed by atoms with van der Waals surface area (Å²) in [6.45, 7) is 10.9. The molecule has 0 radical (unpaired) electrons. The number of nitrogens with zero attached hydrogens (tertiary/aromatic N) is 1. The summed E-state index contributed by atoms with van der Waals surface area (Å²) in [4.78, 5) is 24.5. The molecule has 24 heavy (non-hydrogen) atoms. The number of nitrogens with one attached hydrogen (secondary N) is 1. The molecule has 1 aliphatic rings. The number of carbonyl (C=O) groups excluding carboxylic acids is 2. The van der Waals surface area contributed by atoms with Crippen LogP contribution in [0.4, 0.5) is 9.59 Å². The smallest absolute Gasteiger partial charge is 0.430 e. The lowest BCUT2D eigenvalue weighted by Crippen LogP contribution is -2.40. The Bertz CT molecular complexity index is 451. The summed E-state index contributed by atoms with van der Waals surface area (Å²) in [5.74, 6) is -0.0560. The number of ether oxygens (including phenoxy) is 4. The molecule has 0 spiro atoms. The molecule has 0 saturated carbocycles. The van der Waals surface area contributed by atoms with Crippen LogP contribution in [-0.2, 0) is 18.9 Å². The topological polar surface area (TPSA) is 98.2 Å². The van der Waals surface area contributed by atoms with Gasteiger partial charge in [0.15, 0.2) is 6.23 Å². The molecular formula is C16H24N2O6. The van der Waals surface area contributed by atoms with E-state index in [1.807, 2.05) is 0 Å². The van der Waals surface area contributed by atoms with Crippen LogP contribution in [0.5, 0.6) is 0 Å². The molecule has 8 nitrogen and oxygen atoms in total. The lowest BCUT2D eigenvalue weighted by atomic mass is 10.0. The molecule has 1 heterocycles. The third-order valence-electron chi connectivity index (χ3n) is 3.53. The predicted molar refractivity (Wildman–Crippen MR) is 86.7 cm³/mol. The average molecular weight is 340 g/mol. The quantitative estimate of drug-likeness (QED) is 0.536. The van der Waals surface area contributed by atoms with Gasteiger partial charge in [0, 0.05) is 6.54 Å². The van der Waals surface area contributed by atoms with Crippen LogP contribution in [0, 0.1) is 11.3 Å². The second kappa shape index (κ2) is 9.59. The largest absolute Gasteiger partial charge is 0.510 e. The van der Waals surface area contributed by atoms with E-state index < -0.39 is 24.6 Å². The number of hydrogen-bond donors (Lipinski definition) is 1. The van der Waals surface area contributed by atoms with Crippen molar-refractivity contribution < 1.29 is 28.5 Å². The number of rotatable bonds is 8. The Labute approximate surface area is 141 Å². The van der Waals surface area contributed by atoms with E-state index in [4.69, 9.17) is 24.4 Å². The van der Waals surface area contributed by atoms with Gasteiger partial charge in [-0.25, -0.2) is 9.59 Å². The van der Waals surface area contributed by atoms with Crippen LogP contribution in [0.15, 0.2) is 25.3 Å². The fourth-order valence-electron chi connectivity index (χ4n) is 2.34. The highest BCUT2D eigenvalue weighted by Crippen LogP contribution is 2.26. The minimum absolute atomic E-state index is 0.0588. The molecule has 1 rings (SSSR count). The average Bonchev–Trinajstić information content (AvgIpc) is 2.92. The van der Waals surface area contributed by atoms with Gasteiger partial charge in [0.05, 0.1) is 5.92 Å². The van der Waals surface area contributed by atoms with Gasteiger partial charge < -0.3 is 23.8 Å². The van der Waals surface area contributed by atoms with Crippen LogP contribution in [-0.4, -0.2) is 55.1 Å². The van der Waals surface area contributed by atoms with Crippen LogP contribution >= 0.6 is 0 Å². The summed E-state index contributed by atoms with van der Waals surface area (Å²) >= 11 is 0. The van der Waals surface area contributed by atoms with E-state index in [0.717, 1.165) is 0 Å². The fourth-order valence-corrected chi connectivity index (χ4v) is 2.34. The van der Waals surface area contributed by atoms with E-state index in [1.54, 1.807) is 18.7 Å². The summed E-state index contributed by atoms with van der Waals surface area (Å²) in [6, 6.07) is 0. The Hall–Kier alpha value is -2.51. The minimum Gasteiger partial charge on any atom is -0.430 e. The first kappa shape index (κ1) is 19.5. The molecule has 0 aromatic rings. The van der Waals surface area contributed by atoms with Crippen molar-refractivity contribution in [3.8, 4) is 0 Å². The molecule has 8 heteroatoms. The minimum atomic E-state index is -0.823. The van der Waals surface area contributed by atoms with Crippen molar-refractivity contribution in [2.24, 2.45) is 5.92 Å². The predicted octanol–water partition coefficient (Wildman–Crippen LogP) is 2.70. The summed E-state index contributed by atoms with van der Waals surface area (Å²) in [5.41, 5.74) is 0. The maximum atomic E-state index is 11.5. The number of amidine groups is 1. The van der Waals surface area contributed by atoms with Gasteiger partial charge in [0.1, 0.15) is 25.2 Å². The molecule has 1 fully saturated rings. The Morgan fingerprint density at radius 3 is 2.29 bits per heavy atom. The van der Waals surface area contributed by atoms with Gasteiger partial charge in [-0.05, 0) is 20.3 Å². The SMILES string of the molecule is C=CCOC(=O)OC(C)C1CCN(C(C)OC(=O)OCC=C)C1=N. The molecule has 1 saturated heterocycles. The Kier molecular flexibility index (Phi) is 7.81. The van der Waals surface area contributed by atoms with Gasteiger partial charge in [-0.15, -0.1) is 0 Å². The lowest BCUT2D eigenvalue weighted by Gasteiger charge is -2.27. The highest BCUT2D eigenvalue weighted by molar-refractivity contribution is 5.84. The summed E-state index contributed by atoms with van der Waals surface area (Å²) in [5, 5.41) is 8.22. The molecule has 0 aromatic heterocycles. The third kappa shape index (κ3) is 5.60. The molecule has 1 N–H and O–H groups in total. The van der Waals surface area contributed by atoms with E-state index in [-0.39, 0.29) is 25.0 Å². The Balaban J connectivity index is 2.51. The standard InChI is InChI=1S/C16H24N2O6/c1-5-9-21-15(19)23-11(3)13-7-8-18(14(13)17)12(4)24-16(20)22-10-6-2/h5-6,11-13,17H,1-2,7-10H2,3-4H3. The summed E-state index contributed by atoms with van der Waals surface area (Å²) in [7, 11) is 0. The molecule has 0 bridgehead atoms. The van der Waals surface area contributed by atoms with Gasteiger partial charge >= 0.3 is 12.3 Å². The third-order valence-corrected chi connectivity index (χ3v) is 3.53. The lowest BCUT2D eigenvalue weighted by molar-refractivity contribution is -0.00700. The van der Waals surface area contributed by atoms with Crippen molar-refractivity contribution >= 4 is 18.1 Å². The van der Waals surface area contributed by atoms with Crippen molar-refractivity contribution in [1.29, 1.82) is 5.41 Å².